The Morgan fingerprint density at radius 2 is 1.50 bits per heavy atom. The lowest BCUT2D eigenvalue weighted by Gasteiger charge is -2.06. The van der Waals surface area contributed by atoms with Crippen LogP contribution in [0.25, 0.3) is 0 Å². The second-order valence-electron chi connectivity index (χ2n) is 3.37. The number of benzene rings is 1. The fourth-order valence-electron chi connectivity index (χ4n) is 1.29. The van der Waals surface area contributed by atoms with Crippen molar-refractivity contribution in [1.29, 1.82) is 0 Å². The summed E-state index contributed by atoms with van der Waals surface area (Å²) < 4.78 is 0. The van der Waals surface area contributed by atoms with Gasteiger partial charge in [0, 0.05) is 5.56 Å². The first-order valence-electron chi connectivity index (χ1n) is 4.29. The van der Waals surface area contributed by atoms with Crippen LogP contribution < -0.4 is 0 Å². The van der Waals surface area contributed by atoms with Crippen molar-refractivity contribution in [2.45, 2.75) is 20.8 Å². The lowest BCUT2D eigenvalue weighted by Crippen LogP contribution is -2.13. The first kappa shape index (κ1) is 10.4. The van der Waals surface area contributed by atoms with E-state index in [1.54, 1.807) is 12.1 Å². The molecular formula is C11H12O3. The highest BCUT2D eigenvalue weighted by atomic mass is 16.4. The molecule has 0 saturated heterocycles. The predicted octanol–water partition coefficient (Wildman–Crippen LogP) is 1.88. The standard InChI is InChI=1S/C11H12O3/c1-6-4-9(10(12)11(13)14)5-7(2)8(6)3/h4-5H,1-3H3,(H,13,14). The van der Waals surface area contributed by atoms with Crippen LogP contribution in [0.4, 0.5) is 0 Å². The molecule has 0 heterocycles. The van der Waals surface area contributed by atoms with E-state index in [-0.39, 0.29) is 5.56 Å². The van der Waals surface area contributed by atoms with Gasteiger partial charge in [0.2, 0.25) is 0 Å². The highest BCUT2D eigenvalue weighted by Crippen LogP contribution is 2.15. The molecule has 0 unspecified atom stereocenters. The first-order chi connectivity index (χ1) is 6.43. The molecule has 1 aromatic carbocycles. The number of carbonyl (C=O) groups is 2. The maximum absolute atomic E-state index is 11.2. The third-order valence-electron chi connectivity index (χ3n) is 2.38. The van der Waals surface area contributed by atoms with Gasteiger partial charge in [-0.2, -0.15) is 0 Å². The molecule has 3 heteroatoms. The van der Waals surface area contributed by atoms with Crippen LogP contribution in [0.2, 0.25) is 0 Å². The van der Waals surface area contributed by atoms with Crippen LogP contribution in [-0.2, 0) is 4.79 Å². The Hall–Kier alpha value is -1.64. The van der Waals surface area contributed by atoms with E-state index in [2.05, 4.69) is 0 Å². The summed E-state index contributed by atoms with van der Waals surface area (Å²) in [5.74, 6) is -2.26. The average molecular weight is 192 g/mol. The van der Waals surface area contributed by atoms with Crippen molar-refractivity contribution in [2.24, 2.45) is 0 Å². The minimum Gasteiger partial charge on any atom is -0.475 e. The quantitative estimate of drug-likeness (QED) is 0.575. The number of carboxylic acid groups (broad SMARTS) is 1. The molecule has 0 aliphatic rings. The molecular weight excluding hydrogens is 180 g/mol. The zero-order valence-electron chi connectivity index (χ0n) is 8.42. The Morgan fingerprint density at radius 1 is 1.07 bits per heavy atom. The van der Waals surface area contributed by atoms with Gasteiger partial charge in [-0.25, -0.2) is 4.79 Å². The molecule has 1 rings (SSSR count). The van der Waals surface area contributed by atoms with Crippen LogP contribution in [0.15, 0.2) is 12.1 Å². The number of aryl methyl sites for hydroxylation is 2. The molecule has 3 nitrogen and oxygen atoms in total. The van der Waals surface area contributed by atoms with Gasteiger partial charge >= 0.3 is 5.97 Å². The van der Waals surface area contributed by atoms with Crippen molar-refractivity contribution < 1.29 is 14.7 Å². The van der Waals surface area contributed by atoms with Gasteiger partial charge in [-0.05, 0) is 49.6 Å². The fourth-order valence-corrected chi connectivity index (χ4v) is 1.29. The van der Waals surface area contributed by atoms with E-state index in [0.717, 1.165) is 16.7 Å². The molecule has 1 aromatic rings. The van der Waals surface area contributed by atoms with Gasteiger partial charge in [-0.1, -0.05) is 0 Å². The van der Waals surface area contributed by atoms with Gasteiger partial charge < -0.3 is 5.11 Å². The van der Waals surface area contributed by atoms with E-state index in [0.29, 0.717) is 0 Å². The van der Waals surface area contributed by atoms with Gasteiger partial charge in [0.1, 0.15) is 0 Å². The highest BCUT2D eigenvalue weighted by molar-refractivity contribution is 6.39. The molecule has 0 aliphatic heterocycles. The topological polar surface area (TPSA) is 54.4 Å². The second kappa shape index (κ2) is 3.62. The van der Waals surface area contributed by atoms with E-state index >= 15 is 0 Å². The van der Waals surface area contributed by atoms with Crippen molar-refractivity contribution in [1.82, 2.24) is 0 Å². The number of carboxylic acids is 1. The Balaban J connectivity index is 3.26. The minimum atomic E-state index is -1.41. The van der Waals surface area contributed by atoms with Gasteiger partial charge in [0.05, 0.1) is 0 Å². The largest absolute Gasteiger partial charge is 0.475 e. The van der Waals surface area contributed by atoms with Crippen LogP contribution in [0, 0.1) is 20.8 Å². The summed E-state index contributed by atoms with van der Waals surface area (Å²) in [5.41, 5.74) is 3.22. The normalized spacial score (nSPS) is 9.93. The van der Waals surface area contributed by atoms with Crippen molar-refractivity contribution >= 4 is 11.8 Å². The molecule has 0 atom stereocenters. The van der Waals surface area contributed by atoms with Crippen molar-refractivity contribution in [3.05, 3.63) is 34.4 Å². The summed E-state index contributed by atoms with van der Waals surface area (Å²) >= 11 is 0. The molecule has 0 fully saturated rings. The molecule has 1 N–H and O–H groups in total. The predicted molar refractivity (Wildman–Crippen MR) is 52.6 cm³/mol. The maximum atomic E-state index is 11.2. The molecule has 74 valence electrons. The van der Waals surface area contributed by atoms with Crippen molar-refractivity contribution in [2.75, 3.05) is 0 Å². The summed E-state index contributed by atoms with van der Waals surface area (Å²) in [4.78, 5) is 21.6. The van der Waals surface area contributed by atoms with Gasteiger partial charge in [-0.15, -0.1) is 0 Å². The first-order valence-corrected chi connectivity index (χ1v) is 4.29. The van der Waals surface area contributed by atoms with Crippen LogP contribution in [-0.4, -0.2) is 16.9 Å². The number of hydrogen-bond donors (Lipinski definition) is 1. The van der Waals surface area contributed by atoms with E-state index in [9.17, 15) is 9.59 Å². The average Bonchev–Trinajstić information content (AvgIpc) is 2.12. The summed E-state index contributed by atoms with van der Waals surface area (Å²) in [6.07, 6.45) is 0. The molecule has 0 aromatic heterocycles. The van der Waals surface area contributed by atoms with Crippen molar-refractivity contribution in [3.63, 3.8) is 0 Å². The Labute approximate surface area is 82.4 Å². The summed E-state index contributed by atoms with van der Waals surface area (Å²) in [6.45, 7) is 5.67. The molecule has 0 aliphatic carbocycles. The molecule has 0 spiro atoms. The lowest BCUT2D eigenvalue weighted by atomic mass is 9.99. The molecule has 0 radical (unpaired) electrons. The van der Waals surface area contributed by atoms with Crippen molar-refractivity contribution in [3.8, 4) is 0 Å². The van der Waals surface area contributed by atoms with Crippen LogP contribution >= 0.6 is 0 Å². The number of ketones is 1. The Bertz CT molecular complexity index is 382. The number of hydrogen-bond acceptors (Lipinski definition) is 2. The Kier molecular flexibility index (Phi) is 2.70. The van der Waals surface area contributed by atoms with E-state index in [1.165, 1.54) is 0 Å². The second-order valence-corrected chi connectivity index (χ2v) is 3.37. The van der Waals surface area contributed by atoms with Crippen LogP contribution in [0.3, 0.4) is 0 Å². The summed E-state index contributed by atoms with van der Waals surface area (Å²) in [5, 5.41) is 8.54. The zero-order chi connectivity index (χ0) is 10.9. The third-order valence-corrected chi connectivity index (χ3v) is 2.38. The minimum absolute atomic E-state index is 0.248. The smallest absolute Gasteiger partial charge is 0.377 e. The molecule has 14 heavy (non-hydrogen) atoms. The number of rotatable bonds is 2. The number of aliphatic carboxylic acids is 1. The third kappa shape index (κ3) is 1.82. The van der Waals surface area contributed by atoms with Crippen LogP contribution in [0.1, 0.15) is 27.0 Å². The number of Topliss-reactive ketones (excluding diaryl/α,β-unsaturated/α-hetero) is 1. The van der Waals surface area contributed by atoms with Crippen LogP contribution in [0.5, 0.6) is 0 Å². The highest BCUT2D eigenvalue weighted by Gasteiger charge is 2.15. The summed E-state index contributed by atoms with van der Waals surface area (Å²) in [7, 11) is 0. The van der Waals surface area contributed by atoms with E-state index in [1.807, 2.05) is 20.8 Å². The number of carbonyl (C=O) groups excluding carboxylic acids is 1. The van der Waals surface area contributed by atoms with Gasteiger partial charge in [-0.3, -0.25) is 4.79 Å². The maximum Gasteiger partial charge on any atom is 0.377 e. The van der Waals surface area contributed by atoms with E-state index in [4.69, 9.17) is 5.11 Å². The molecule has 0 amide bonds. The Morgan fingerprint density at radius 3 is 1.86 bits per heavy atom. The fraction of sp³-hybridized carbons (Fsp3) is 0.273. The summed E-state index contributed by atoms with van der Waals surface area (Å²) in [6, 6.07) is 3.22. The SMILES string of the molecule is Cc1cc(C(=O)C(=O)O)cc(C)c1C. The monoisotopic (exact) mass is 192 g/mol. The molecule has 0 bridgehead atoms. The lowest BCUT2D eigenvalue weighted by molar-refractivity contribution is -0.131. The zero-order valence-corrected chi connectivity index (χ0v) is 8.42. The van der Waals surface area contributed by atoms with Gasteiger partial charge in [0.15, 0.2) is 0 Å². The molecule has 0 saturated carbocycles. The van der Waals surface area contributed by atoms with E-state index < -0.39 is 11.8 Å². The van der Waals surface area contributed by atoms with Gasteiger partial charge in [0.25, 0.3) is 5.78 Å².